The predicted octanol–water partition coefficient (Wildman–Crippen LogP) is -2.22. The van der Waals surface area contributed by atoms with E-state index in [0.29, 0.717) is 6.42 Å². The fraction of sp³-hybridized carbons (Fsp3) is 0.667. The SMILES string of the molecule is CCCC(O)(n1nnnc1N)n1nnnc1N. The zero-order chi connectivity index (χ0) is 12.5. The van der Waals surface area contributed by atoms with Crippen LogP contribution in [-0.4, -0.2) is 45.5 Å². The minimum Gasteiger partial charge on any atom is -0.367 e. The van der Waals surface area contributed by atoms with Crippen LogP contribution in [-0.2, 0) is 5.85 Å². The molecule has 0 aliphatic carbocycles. The highest BCUT2D eigenvalue weighted by molar-refractivity contribution is 5.17. The summed E-state index contributed by atoms with van der Waals surface area (Å²) >= 11 is 0. The van der Waals surface area contributed by atoms with Gasteiger partial charge in [-0.3, -0.25) is 0 Å². The number of aliphatic hydroxyl groups is 1. The first kappa shape index (κ1) is 11.2. The molecule has 0 radical (unpaired) electrons. The van der Waals surface area contributed by atoms with Crippen LogP contribution >= 0.6 is 0 Å². The van der Waals surface area contributed by atoms with Gasteiger partial charge in [-0.2, -0.15) is 9.36 Å². The molecule has 11 nitrogen and oxygen atoms in total. The van der Waals surface area contributed by atoms with Crippen LogP contribution in [0.25, 0.3) is 0 Å². The van der Waals surface area contributed by atoms with Crippen LogP contribution in [0.5, 0.6) is 0 Å². The maximum Gasteiger partial charge on any atom is 0.267 e. The van der Waals surface area contributed by atoms with Gasteiger partial charge in [-0.1, -0.05) is 17.1 Å². The Balaban J connectivity index is 2.54. The fourth-order valence-electron chi connectivity index (χ4n) is 1.54. The van der Waals surface area contributed by atoms with Crippen LogP contribution in [0.1, 0.15) is 19.8 Å². The van der Waals surface area contributed by atoms with Crippen molar-refractivity contribution in [2.75, 3.05) is 11.5 Å². The molecular weight excluding hydrogens is 228 g/mol. The maximum atomic E-state index is 10.6. The van der Waals surface area contributed by atoms with Crippen molar-refractivity contribution in [1.29, 1.82) is 0 Å². The summed E-state index contributed by atoms with van der Waals surface area (Å²) in [5, 5.41) is 31.5. The molecule has 92 valence electrons. The topological polar surface area (TPSA) is 159 Å². The fourth-order valence-corrected chi connectivity index (χ4v) is 1.54. The van der Waals surface area contributed by atoms with Crippen LogP contribution in [0.4, 0.5) is 11.9 Å². The van der Waals surface area contributed by atoms with E-state index in [9.17, 15) is 5.11 Å². The number of nitrogen functional groups attached to an aromatic ring is 2. The lowest BCUT2D eigenvalue weighted by atomic mass is 10.2. The lowest BCUT2D eigenvalue weighted by Crippen LogP contribution is -2.44. The van der Waals surface area contributed by atoms with E-state index in [0.717, 1.165) is 9.36 Å². The molecule has 0 saturated carbocycles. The summed E-state index contributed by atoms with van der Waals surface area (Å²) in [6.45, 7) is 1.87. The predicted molar refractivity (Wildman–Crippen MR) is 55.0 cm³/mol. The van der Waals surface area contributed by atoms with Gasteiger partial charge in [-0.05, 0) is 27.3 Å². The van der Waals surface area contributed by atoms with Crippen LogP contribution < -0.4 is 11.5 Å². The molecule has 0 aliphatic heterocycles. The second-order valence-corrected chi connectivity index (χ2v) is 3.42. The van der Waals surface area contributed by atoms with Gasteiger partial charge in [0.25, 0.3) is 5.85 Å². The van der Waals surface area contributed by atoms with Crippen molar-refractivity contribution in [3.05, 3.63) is 0 Å². The van der Waals surface area contributed by atoms with Crippen LogP contribution in [0.2, 0.25) is 0 Å². The van der Waals surface area contributed by atoms with Crippen molar-refractivity contribution in [3.63, 3.8) is 0 Å². The number of anilines is 2. The van der Waals surface area contributed by atoms with Crippen LogP contribution in [0.15, 0.2) is 0 Å². The van der Waals surface area contributed by atoms with E-state index in [-0.39, 0.29) is 18.3 Å². The molecule has 0 fully saturated rings. The molecule has 0 bridgehead atoms. The zero-order valence-electron chi connectivity index (χ0n) is 9.09. The van der Waals surface area contributed by atoms with E-state index in [2.05, 4.69) is 31.1 Å². The number of hydrogen-bond acceptors (Lipinski definition) is 9. The Labute approximate surface area is 95.4 Å². The molecule has 17 heavy (non-hydrogen) atoms. The van der Waals surface area contributed by atoms with Gasteiger partial charge in [0.05, 0.1) is 0 Å². The van der Waals surface area contributed by atoms with Gasteiger partial charge >= 0.3 is 0 Å². The number of nitrogens with two attached hydrogens (primary N) is 2. The van der Waals surface area contributed by atoms with Gasteiger partial charge in [0, 0.05) is 6.42 Å². The Morgan fingerprint density at radius 1 is 1.12 bits per heavy atom. The van der Waals surface area contributed by atoms with E-state index in [4.69, 9.17) is 11.5 Å². The molecule has 5 N–H and O–H groups in total. The molecule has 2 heterocycles. The molecule has 0 amide bonds. The minimum atomic E-state index is -1.71. The lowest BCUT2D eigenvalue weighted by Gasteiger charge is -2.27. The summed E-state index contributed by atoms with van der Waals surface area (Å²) in [6.07, 6.45) is 0.868. The van der Waals surface area contributed by atoms with Crippen molar-refractivity contribution >= 4 is 11.9 Å². The van der Waals surface area contributed by atoms with Gasteiger partial charge in [0.1, 0.15) is 0 Å². The molecule has 11 heteroatoms. The molecule has 0 aliphatic rings. The summed E-state index contributed by atoms with van der Waals surface area (Å²) in [7, 11) is 0. The van der Waals surface area contributed by atoms with Gasteiger partial charge in [-0.25, -0.2) is 0 Å². The highest BCUT2D eigenvalue weighted by Crippen LogP contribution is 2.23. The van der Waals surface area contributed by atoms with E-state index in [1.807, 2.05) is 6.92 Å². The number of tetrazole rings is 2. The summed E-state index contributed by atoms with van der Waals surface area (Å²) in [5.41, 5.74) is 11.1. The van der Waals surface area contributed by atoms with Gasteiger partial charge in [0.2, 0.25) is 11.9 Å². The van der Waals surface area contributed by atoms with Crippen LogP contribution in [0.3, 0.4) is 0 Å². The first-order valence-corrected chi connectivity index (χ1v) is 4.90. The average molecular weight is 240 g/mol. The van der Waals surface area contributed by atoms with Crippen LogP contribution in [0, 0.1) is 0 Å². The number of hydrogen-bond donors (Lipinski definition) is 3. The molecule has 0 unspecified atom stereocenters. The van der Waals surface area contributed by atoms with E-state index in [1.54, 1.807) is 0 Å². The standard InChI is InChI=1S/C6H12N10O/c1-2-3-6(17,15-4(7)9-11-13-15)16-5(8)10-12-14-16/h17H,2-3H2,1H3,(H2,7,9,13)(H2,8,10,14). The Hall–Kier alpha value is -2.30. The molecule has 0 aromatic carbocycles. The van der Waals surface area contributed by atoms with Crippen molar-refractivity contribution < 1.29 is 5.11 Å². The molecule has 2 aromatic rings. The average Bonchev–Trinajstić information content (AvgIpc) is 2.87. The molecule has 2 rings (SSSR count). The van der Waals surface area contributed by atoms with Gasteiger partial charge < -0.3 is 16.6 Å². The Bertz CT molecular complexity index is 462. The summed E-state index contributed by atoms with van der Waals surface area (Å²) in [6, 6.07) is 0. The highest BCUT2D eigenvalue weighted by Gasteiger charge is 2.37. The normalized spacial score (nSPS) is 11.9. The van der Waals surface area contributed by atoms with Crippen molar-refractivity contribution in [2.45, 2.75) is 25.6 Å². The molecular formula is C6H12N10O. The van der Waals surface area contributed by atoms with E-state index in [1.165, 1.54) is 0 Å². The first-order chi connectivity index (χ1) is 8.09. The van der Waals surface area contributed by atoms with Gasteiger partial charge in [-0.15, -0.1) is 0 Å². The number of aromatic nitrogens is 8. The second kappa shape index (κ2) is 3.93. The third-order valence-electron chi connectivity index (χ3n) is 2.25. The molecule has 0 spiro atoms. The largest absolute Gasteiger partial charge is 0.367 e. The van der Waals surface area contributed by atoms with E-state index < -0.39 is 5.85 Å². The van der Waals surface area contributed by atoms with E-state index >= 15 is 0 Å². The number of rotatable bonds is 4. The highest BCUT2D eigenvalue weighted by atomic mass is 16.3. The quantitative estimate of drug-likeness (QED) is 0.537. The third-order valence-corrected chi connectivity index (χ3v) is 2.25. The summed E-state index contributed by atoms with van der Waals surface area (Å²) in [5.74, 6) is -1.83. The third kappa shape index (κ3) is 1.65. The first-order valence-electron chi connectivity index (χ1n) is 4.90. The number of nitrogens with zero attached hydrogens (tertiary/aromatic N) is 8. The van der Waals surface area contributed by atoms with Crippen molar-refractivity contribution in [2.24, 2.45) is 0 Å². The molecule has 0 saturated heterocycles. The second-order valence-electron chi connectivity index (χ2n) is 3.42. The summed E-state index contributed by atoms with van der Waals surface area (Å²) < 4.78 is 2.03. The Kier molecular flexibility index (Phi) is 2.59. The van der Waals surface area contributed by atoms with Crippen molar-refractivity contribution in [3.8, 4) is 0 Å². The molecule has 0 atom stereocenters. The Morgan fingerprint density at radius 2 is 1.59 bits per heavy atom. The maximum absolute atomic E-state index is 10.6. The monoisotopic (exact) mass is 240 g/mol. The zero-order valence-corrected chi connectivity index (χ0v) is 9.09. The Morgan fingerprint density at radius 3 is 1.88 bits per heavy atom. The van der Waals surface area contributed by atoms with Gasteiger partial charge in [0.15, 0.2) is 0 Å². The minimum absolute atomic E-state index is 0.0594. The smallest absolute Gasteiger partial charge is 0.267 e. The summed E-state index contributed by atoms with van der Waals surface area (Å²) in [4.78, 5) is 0. The lowest BCUT2D eigenvalue weighted by molar-refractivity contribution is -0.0941. The van der Waals surface area contributed by atoms with Crippen molar-refractivity contribution in [1.82, 2.24) is 40.4 Å². The molecule has 2 aromatic heterocycles.